The average molecular weight is 488 g/mol. The van der Waals surface area contributed by atoms with Crippen molar-refractivity contribution in [3.8, 4) is 0 Å². The highest BCUT2D eigenvalue weighted by Gasteiger charge is 2.30. The molecule has 4 atom stereocenters. The van der Waals surface area contributed by atoms with Crippen LogP contribution in [0.3, 0.4) is 0 Å². The molecular weight excluding hydrogens is 454 g/mol. The minimum atomic E-state index is -1.46. The number of nitrogens with zero attached hydrogens (tertiary/aromatic N) is 1. The first-order valence-electron chi connectivity index (χ1n) is 10.3. The van der Waals surface area contributed by atoms with Crippen LogP contribution in [0.15, 0.2) is 4.99 Å². The second kappa shape index (κ2) is 15.0. The molecule has 0 aromatic heterocycles. The van der Waals surface area contributed by atoms with Crippen molar-refractivity contribution in [2.24, 2.45) is 33.7 Å². The van der Waals surface area contributed by atoms with E-state index in [4.69, 9.17) is 28.7 Å². The van der Waals surface area contributed by atoms with Gasteiger partial charge in [0.2, 0.25) is 29.5 Å². The fourth-order valence-electron chi connectivity index (χ4n) is 2.57. The molecule has 0 saturated carbocycles. The van der Waals surface area contributed by atoms with E-state index >= 15 is 0 Å². The van der Waals surface area contributed by atoms with E-state index in [1.807, 2.05) is 0 Å². The minimum Gasteiger partial charge on any atom is -0.480 e. The molecule has 0 rings (SSSR count). The summed E-state index contributed by atoms with van der Waals surface area (Å²) in [5.41, 5.74) is 26.1. The number of carbonyl (C=O) groups is 6. The Morgan fingerprint density at radius 2 is 1.32 bits per heavy atom. The highest BCUT2D eigenvalue weighted by Crippen LogP contribution is 2.04. The zero-order chi connectivity index (χ0) is 26.4. The number of amides is 5. The monoisotopic (exact) mass is 487 g/mol. The third-order valence-electron chi connectivity index (χ3n) is 4.32. The number of rotatable bonds is 16. The van der Waals surface area contributed by atoms with Gasteiger partial charge in [-0.25, -0.2) is 4.79 Å². The molecule has 192 valence electrons. The van der Waals surface area contributed by atoms with Gasteiger partial charge < -0.3 is 49.7 Å². The molecule has 14 N–H and O–H groups in total. The van der Waals surface area contributed by atoms with Gasteiger partial charge in [-0.05, 0) is 26.2 Å². The molecule has 16 nitrogen and oxygen atoms in total. The molecule has 0 aromatic rings. The lowest BCUT2D eigenvalue weighted by Crippen LogP contribution is -2.57. The van der Waals surface area contributed by atoms with Crippen LogP contribution in [0.2, 0.25) is 0 Å². The van der Waals surface area contributed by atoms with Crippen molar-refractivity contribution in [2.45, 2.75) is 63.2 Å². The van der Waals surface area contributed by atoms with Crippen LogP contribution < -0.4 is 44.6 Å². The van der Waals surface area contributed by atoms with E-state index in [0.29, 0.717) is 0 Å². The van der Waals surface area contributed by atoms with Crippen LogP contribution in [0.5, 0.6) is 0 Å². The van der Waals surface area contributed by atoms with Crippen molar-refractivity contribution in [1.29, 1.82) is 0 Å². The number of nitrogens with two attached hydrogens (primary N) is 5. The van der Waals surface area contributed by atoms with Crippen LogP contribution in [-0.2, 0) is 28.8 Å². The number of nitrogens with one attached hydrogen (secondary N) is 3. The molecule has 34 heavy (non-hydrogen) atoms. The van der Waals surface area contributed by atoms with E-state index in [1.54, 1.807) is 0 Å². The first-order valence-corrected chi connectivity index (χ1v) is 10.3. The topological polar surface area (TPSA) is 301 Å². The fourth-order valence-corrected chi connectivity index (χ4v) is 2.57. The number of carbonyl (C=O) groups excluding carboxylic acids is 5. The average Bonchev–Trinajstić information content (AvgIpc) is 2.71. The molecule has 0 bridgehead atoms. The Morgan fingerprint density at radius 3 is 1.79 bits per heavy atom. The number of hydrogen-bond acceptors (Lipinski definition) is 8. The van der Waals surface area contributed by atoms with Crippen LogP contribution in [-0.4, -0.2) is 77.3 Å². The summed E-state index contributed by atoms with van der Waals surface area (Å²) in [6.45, 7) is 1.47. The van der Waals surface area contributed by atoms with Crippen molar-refractivity contribution < 1.29 is 33.9 Å². The Hall–Kier alpha value is -3.95. The molecule has 0 aliphatic heterocycles. The van der Waals surface area contributed by atoms with E-state index < -0.39 is 66.1 Å². The summed E-state index contributed by atoms with van der Waals surface area (Å²) >= 11 is 0. The molecule has 4 unspecified atom stereocenters. The molecule has 0 fully saturated rings. The summed E-state index contributed by atoms with van der Waals surface area (Å²) in [5.74, 6) is -5.89. The predicted octanol–water partition coefficient (Wildman–Crippen LogP) is -4.93. The Kier molecular flexibility index (Phi) is 13.2. The van der Waals surface area contributed by atoms with Crippen molar-refractivity contribution in [3.63, 3.8) is 0 Å². The number of carboxylic acids is 1. The van der Waals surface area contributed by atoms with E-state index in [9.17, 15) is 33.9 Å². The molecule has 5 amide bonds. The third kappa shape index (κ3) is 12.8. The maximum Gasteiger partial charge on any atom is 0.326 e. The predicted molar refractivity (Wildman–Crippen MR) is 119 cm³/mol. The zero-order valence-electron chi connectivity index (χ0n) is 18.8. The molecule has 0 aromatic carbocycles. The molecular formula is C18H33N9O7. The van der Waals surface area contributed by atoms with Crippen LogP contribution in [0.25, 0.3) is 0 Å². The lowest BCUT2D eigenvalue weighted by Gasteiger charge is -2.24. The summed E-state index contributed by atoms with van der Waals surface area (Å²) in [6.07, 6.45) is -1.03. The number of primary amides is 2. The van der Waals surface area contributed by atoms with Gasteiger partial charge in [0.15, 0.2) is 5.96 Å². The third-order valence-corrected chi connectivity index (χ3v) is 4.32. The number of carboxylic acid groups (broad SMARTS) is 1. The summed E-state index contributed by atoms with van der Waals surface area (Å²) < 4.78 is 0. The van der Waals surface area contributed by atoms with Crippen LogP contribution in [0, 0.1) is 0 Å². The number of aliphatic imine (C=N–C) groups is 1. The van der Waals surface area contributed by atoms with E-state index in [-0.39, 0.29) is 38.2 Å². The first-order chi connectivity index (χ1) is 15.7. The summed E-state index contributed by atoms with van der Waals surface area (Å²) in [5, 5.41) is 16.1. The van der Waals surface area contributed by atoms with Gasteiger partial charge in [0, 0.05) is 13.0 Å². The summed E-state index contributed by atoms with van der Waals surface area (Å²) in [7, 11) is 0. The maximum atomic E-state index is 12.7. The van der Waals surface area contributed by atoms with Gasteiger partial charge in [0.25, 0.3) is 0 Å². The molecule has 0 aliphatic rings. The fraction of sp³-hybridized carbons (Fsp3) is 0.611. The SMILES string of the molecule is CC(N)C(=O)NC(CC(N)=O)C(=O)NC(CCC(N)=O)C(=O)NC(CCCN=C(N)N)C(=O)O. The Bertz CT molecular complexity index is 797. The maximum absolute atomic E-state index is 12.7. The zero-order valence-corrected chi connectivity index (χ0v) is 18.8. The number of guanidine groups is 1. The van der Waals surface area contributed by atoms with E-state index in [2.05, 4.69) is 20.9 Å². The van der Waals surface area contributed by atoms with E-state index in [0.717, 1.165) is 0 Å². The van der Waals surface area contributed by atoms with Crippen molar-refractivity contribution in [2.75, 3.05) is 6.54 Å². The molecule has 0 radical (unpaired) electrons. The molecule has 0 heterocycles. The van der Waals surface area contributed by atoms with Gasteiger partial charge in [-0.1, -0.05) is 0 Å². The number of aliphatic carboxylic acids is 1. The van der Waals surface area contributed by atoms with Crippen molar-refractivity contribution >= 4 is 41.5 Å². The van der Waals surface area contributed by atoms with Crippen molar-refractivity contribution in [1.82, 2.24) is 16.0 Å². The summed E-state index contributed by atoms with van der Waals surface area (Å²) in [6, 6.07) is -5.24. The summed E-state index contributed by atoms with van der Waals surface area (Å²) in [4.78, 5) is 75.0. The van der Waals surface area contributed by atoms with Gasteiger partial charge in [-0.3, -0.25) is 29.0 Å². The van der Waals surface area contributed by atoms with Gasteiger partial charge in [0.1, 0.15) is 18.1 Å². The van der Waals surface area contributed by atoms with Gasteiger partial charge in [-0.2, -0.15) is 0 Å². The highest BCUT2D eigenvalue weighted by molar-refractivity contribution is 5.96. The quantitative estimate of drug-likeness (QED) is 0.0567. The molecule has 16 heteroatoms. The largest absolute Gasteiger partial charge is 0.480 e. The first kappa shape index (κ1) is 30.0. The molecule has 0 saturated heterocycles. The van der Waals surface area contributed by atoms with Crippen LogP contribution in [0.1, 0.15) is 39.0 Å². The van der Waals surface area contributed by atoms with Gasteiger partial charge >= 0.3 is 5.97 Å². The second-order valence-corrected chi connectivity index (χ2v) is 7.43. The van der Waals surface area contributed by atoms with Crippen LogP contribution >= 0.6 is 0 Å². The Morgan fingerprint density at radius 1 is 0.794 bits per heavy atom. The molecule has 0 spiro atoms. The Labute approximate surface area is 195 Å². The smallest absolute Gasteiger partial charge is 0.326 e. The Balaban J connectivity index is 5.47. The van der Waals surface area contributed by atoms with E-state index in [1.165, 1.54) is 6.92 Å². The van der Waals surface area contributed by atoms with Gasteiger partial charge in [0.05, 0.1) is 12.5 Å². The van der Waals surface area contributed by atoms with Crippen molar-refractivity contribution in [3.05, 3.63) is 0 Å². The highest BCUT2D eigenvalue weighted by atomic mass is 16.4. The minimum absolute atomic E-state index is 0.0386. The normalized spacial score (nSPS) is 13.9. The lowest BCUT2D eigenvalue weighted by molar-refractivity contribution is -0.142. The lowest BCUT2D eigenvalue weighted by atomic mass is 10.1. The second-order valence-electron chi connectivity index (χ2n) is 7.43. The number of hydrogen-bond donors (Lipinski definition) is 9. The standard InChI is InChI=1S/C18H33N9O7/c1-8(19)14(30)27-11(7-13(21)29)16(32)25-9(4-5-12(20)28)15(31)26-10(17(33)34)3-2-6-24-18(22)23/h8-11H,2-7,19H2,1H3,(H2,20,28)(H2,21,29)(H,25,32)(H,26,31)(H,27,30)(H,33,34)(H4,22,23,24). The van der Waals surface area contributed by atoms with Crippen LogP contribution in [0.4, 0.5) is 0 Å². The van der Waals surface area contributed by atoms with Gasteiger partial charge in [-0.15, -0.1) is 0 Å². The molecule has 0 aliphatic carbocycles.